The van der Waals surface area contributed by atoms with Crippen LogP contribution in [-0.2, 0) is 19.2 Å². The third-order valence-electron chi connectivity index (χ3n) is 0.896. The van der Waals surface area contributed by atoms with Crippen molar-refractivity contribution in [2.45, 2.75) is 12.8 Å². The van der Waals surface area contributed by atoms with E-state index >= 15 is 0 Å². The van der Waals surface area contributed by atoms with Gasteiger partial charge >= 0.3 is 0 Å². The second-order valence-electron chi connectivity index (χ2n) is 1.80. The molecule has 0 rings (SSSR count). The fraction of sp³-hybridized carbons (Fsp3) is 0.333. The molecular formula is C6H5O5-. The lowest BCUT2D eigenvalue weighted by Gasteiger charge is -1.96. The van der Waals surface area contributed by atoms with Crippen LogP contribution in [0.1, 0.15) is 12.8 Å². The number of hydrogen-bond acceptors (Lipinski definition) is 5. The Morgan fingerprint density at radius 1 is 1.27 bits per heavy atom. The standard InChI is InChI=1S/C6H6O5/c7-2-1-4(8)3-5(9)6(10)11/h2H,1,3H2,(H,10,11)/p-1. The van der Waals surface area contributed by atoms with Crippen molar-refractivity contribution in [3.63, 3.8) is 0 Å². The molecule has 0 spiro atoms. The van der Waals surface area contributed by atoms with E-state index in [0.29, 0.717) is 6.29 Å². The Balaban J connectivity index is 3.85. The molecule has 0 aliphatic rings. The molecule has 0 saturated heterocycles. The number of ketones is 2. The highest BCUT2D eigenvalue weighted by molar-refractivity contribution is 6.35. The van der Waals surface area contributed by atoms with Crippen molar-refractivity contribution in [2.75, 3.05) is 0 Å². The summed E-state index contributed by atoms with van der Waals surface area (Å²) in [6, 6.07) is 0. The SMILES string of the molecule is O=CCC(=O)CC(=O)C(=O)[O-]. The molecule has 0 aliphatic carbocycles. The van der Waals surface area contributed by atoms with E-state index in [1.165, 1.54) is 0 Å². The van der Waals surface area contributed by atoms with E-state index in [0.717, 1.165) is 0 Å². The molecule has 5 nitrogen and oxygen atoms in total. The Kier molecular flexibility index (Phi) is 3.72. The van der Waals surface area contributed by atoms with Crippen LogP contribution in [0.15, 0.2) is 0 Å². The molecule has 0 aromatic heterocycles. The Labute approximate surface area is 62.0 Å². The molecule has 0 saturated carbocycles. The van der Waals surface area contributed by atoms with Crippen molar-refractivity contribution in [3.05, 3.63) is 0 Å². The van der Waals surface area contributed by atoms with Crippen molar-refractivity contribution in [1.29, 1.82) is 0 Å². The highest BCUT2D eigenvalue weighted by Crippen LogP contribution is 1.87. The minimum atomic E-state index is -1.90. The Hall–Kier alpha value is -1.52. The highest BCUT2D eigenvalue weighted by Gasteiger charge is 2.08. The molecular weight excluding hydrogens is 152 g/mol. The van der Waals surface area contributed by atoms with E-state index in [1.54, 1.807) is 0 Å². The average Bonchev–Trinajstić information content (AvgIpc) is 1.87. The fourth-order valence-electron chi connectivity index (χ4n) is 0.416. The molecule has 5 heteroatoms. The second-order valence-corrected chi connectivity index (χ2v) is 1.80. The summed E-state index contributed by atoms with van der Waals surface area (Å²) in [4.78, 5) is 40.1. The summed E-state index contributed by atoms with van der Waals surface area (Å²) in [6.07, 6.45) is -0.884. The third-order valence-corrected chi connectivity index (χ3v) is 0.896. The largest absolute Gasteiger partial charge is 0.542 e. The summed E-state index contributed by atoms with van der Waals surface area (Å²) in [5, 5.41) is 9.74. The second kappa shape index (κ2) is 4.32. The number of aldehydes is 1. The molecule has 0 heterocycles. The van der Waals surface area contributed by atoms with Crippen LogP contribution in [0.3, 0.4) is 0 Å². The van der Waals surface area contributed by atoms with Crippen LogP contribution in [0.5, 0.6) is 0 Å². The van der Waals surface area contributed by atoms with Gasteiger partial charge in [-0.25, -0.2) is 0 Å². The maximum absolute atomic E-state index is 10.4. The van der Waals surface area contributed by atoms with Crippen LogP contribution in [0.4, 0.5) is 0 Å². The molecule has 0 aromatic carbocycles. The summed E-state index contributed by atoms with van der Waals surface area (Å²) in [5.41, 5.74) is 0. The quantitative estimate of drug-likeness (QED) is 0.258. The van der Waals surface area contributed by atoms with Gasteiger partial charge in [0.1, 0.15) is 18.0 Å². The number of carbonyl (C=O) groups is 4. The molecule has 0 fully saturated rings. The summed E-state index contributed by atoms with van der Waals surface area (Å²) in [5.74, 6) is -3.91. The van der Waals surface area contributed by atoms with Gasteiger partial charge in [-0.15, -0.1) is 0 Å². The van der Waals surface area contributed by atoms with Gasteiger partial charge in [-0.3, -0.25) is 9.59 Å². The molecule has 0 amide bonds. The van der Waals surface area contributed by atoms with Crippen molar-refractivity contribution in [2.24, 2.45) is 0 Å². The Morgan fingerprint density at radius 3 is 2.18 bits per heavy atom. The van der Waals surface area contributed by atoms with E-state index in [2.05, 4.69) is 0 Å². The number of aliphatic carboxylic acids is 1. The summed E-state index contributed by atoms with van der Waals surface area (Å²) in [6.45, 7) is 0. The number of Topliss-reactive ketones (excluding diaryl/α,β-unsaturated/α-hetero) is 2. The van der Waals surface area contributed by atoms with Gasteiger partial charge in [0.2, 0.25) is 0 Å². The number of carboxylic acids is 1. The van der Waals surface area contributed by atoms with Gasteiger partial charge < -0.3 is 14.7 Å². The van der Waals surface area contributed by atoms with Crippen LogP contribution in [0, 0.1) is 0 Å². The number of hydrogen-bond donors (Lipinski definition) is 0. The van der Waals surface area contributed by atoms with Gasteiger partial charge in [0.15, 0.2) is 5.78 Å². The Morgan fingerprint density at radius 2 is 1.82 bits per heavy atom. The lowest BCUT2D eigenvalue weighted by Crippen LogP contribution is -2.32. The van der Waals surface area contributed by atoms with Crippen LogP contribution in [-0.4, -0.2) is 23.8 Å². The minimum Gasteiger partial charge on any atom is -0.542 e. The molecule has 0 bridgehead atoms. The maximum atomic E-state index is 10.4. The summed E-state index contributed by atoms with van der Waals surface area (Å²) in [7, 11) is 0. The van der Waals surface area contributed by atoms with E-state index in [4.69, 9.17) is 0 Å². The first-order chi connectivity index (χ1) is 5.07. The smallest absolute Gasteiger partial charge is 0.185 e. The fourth-order valence-corrected chi connectivity index (χ4v) is 0.416. The number of carboxylic acid groups (broad SMARTS) is 1. The zero-order chi connectivity index (χ0) is 8.85. The first-order valence-electron chi connectivity index (χ1n) is 2.77. The van der Waals surface area contributed by atoms with E-state index < -0.39 is 30.4 Å². The predicted molar refractivity (Wildman–Crippen MR) is 30.3 cm³/mol. The maximum Gasteiger partial charge on any atom is 0.185 e. The normalized spacial score (nSPS) is 8.73. The highest BCUT2D eigenvalue weighted by atomic mass is 16.4. The summed E-state index contributed by atoms with van der Waals surface area (Å²) >= 11 is 0. The minimum absolute atomic E-state index is 0.310. The molecule has 60 valence electrons. The summed E-state index contributed by atoms with van der Waals surface area (Å²) < 4.78 is 0. The van der Waals surface area contributed by atoms with Crippen LogP contribution in [0.25, 0.3) is 0 Å². The first kappa shape index (κ1) is 9.48. The molecule has 0 aliphatic heterocycles. The van der Waals surface area contributed by atoms with Gasteiger partial charge in [-0.05, 0) is 0 Å². The van der Waals surface area contributed by atoms with Gasteiger partial charge in [-0.2, -0.15) is 0 Å². The lowest BCUT2D eigenvalue weighted by atomic mass is 10.2. The van der Waals surface area contributed by atoms with Crippen molar-refractivity contribution in [3.8, 4) is 0 Å². The Bertz CT molecular complexity index is 205. The molecule has 0 N–H and O–H groups in total. The van der Waals surface area contributed by atoms with Crippen molar-refractivity contribution < 1.29 is 24.3 Å². The lowest BCUT2D eigenvalue weighted by molar-refractivity contribution is -0.300. The molecule has 0 aromatic rings. The predicted octanol–water partition coefficient (Wildman–Crippen LogP) is -2.15. The van der Waals surface area contributed by atoms with Gasteiger partial charge in [0, 0.05) is 0 Å². The first-order valence-corrected chi connectivity index (χ1v) is 2.77. The van der Waals surface area contributed by atoms with Gasteiger partial charge in [-0.1, -0.05) is 0 Å². The topological polar surface area (TPSA) is 91.3 Å². The zero-order valence-corrected chi connectivity index (χ0v) is 5.53. The van der Waals surface area contributed by atoms with E-state index in [9.17, 15) is 24.3 Å². The van der Waals surface area contributed by atoms with Crippen LogP contribution in [0.2, 0.25) is 0 Å². The average molecular weight is 157 g/mol. The van der Waals surface area contributed by atoms with E-state index in [-0.39, 0.29) is 0 Å². The van der Waals surface area contributed by atoms with Crippen molar-refractivity contribution in [1.82, 2.24) is 0 Å². The van der Waals surface area contributed by atoms with Crippen LogP contribution >= 0.6 is 0 Å². The molecule has 0 unspecified atom stereocenters. The van der Waals surface area contributed by atoms with E-state index in [1.807, 2.05) is 0 Å². The van der Waals surface area contributed by atoms with Gasteiger partial charge in [0.05, 0.1) is 12.8 Å². The zero-order valence-electron chi connectivity index (χ0n) is 5.53. The monoisotopic (exact) mass is 157 g/mol. The molecule has 0 atom stereocenters. The number of carbonyl (C=O) groups excluding carboxylic acids is 4. The van der Waals surface area contributed by atoms with Crippen LogP contribution < -0.4 is 5.11 Å². The van der Waals surface area contributed by atoms with Crippen molar-refractivity contribution >= 4 is 23.8 Å². The van der Waals surface area contributed by atoms with Gasteiger partial charge in [0.25, 0.3) is 0 Å². The number of rotatable bonds is 5. The molecule has 0 radical (unpaired) electrons. The molecule has 11 heavy (non-hydrogen) atoms. The third kappa shape index (κ3) is 3.96.